The van der Waals surface area contributed by atoms with Gasteiger partial charge in [-0.25, -0.2) is 22.8 Å². The number of pyridine rings is 2. The van der Waals surface area contributed by atoms with Crippen LogP contribution in [0.4, 0.5) is 10.2 Å². The average molecular weight is 533 g/mol. The highest BCUT2D eigenvalue weighted by molar-refractivity contribution is 7.91. The van der Waals surface area contributed by atoms with Crippen molar-refractivity contribution in [3.05, 3.63) is 70.6 Å². The number of hydrogen-bond acceptors (Lipinski definition) is 7. The maximum atomic E-state index is 14.1. The highest BCUT2D eigenvalue weighted by Gasteiger charge is 2.40. The van der Waals surface area contributed by atoms with Crippen LogP contribution in [0.3, 0.4) is 0 Å². The van der Waals surface area contributed by atoms with E-state index in [4.69, 9.17) is 22.1 Å². The molecule has 0 radical (unpaired) electrons. The first kappa shape index (κ1) is 25.8. The topological polar surface area (TPSA) is 115 Å². The third-order valence-corrected chi connectivity index (χ3v) is 8.21. The summed E-state index contributed by atoms with van der Waals surface area (Å²) in [5.41, 5.74) is 5.27. The molecule has 2 aromatic heterocycles. The first-order valence-electron chi connectivity index (χ1n) is 11.3. The average Bonchev–Trinajstić information content (AvgIpc) is 3.10. The van der Waals surface area contributed by atoms with Gasteiger partial charge in [0.25, 0.3) is 5.91 Å². The van der Waals surface area contributed by atoms with E-state index in [0.717, 1.165) is 6.42 Å². The van der Waals surface area contributed by atoms with Gasteiger partial charge in [-0.3, -0.25) is 4.79 Å². The minimum Gasteiger partial charge on any atom is -0.473 e. The molecule has 3 aromatic rings. The summed E-state index contributed by atoms with van der Waals surface area (Å²) in [6.07, 6.45) is 2.19. The molecule has 190 valence electrons. The molecule has 0 saturated carbocycles. The lowest BCUT2D eigenvalue weighted by Crippen LogP contribution is -2.40. The van der Waals surface area contributed by atoms with E-state index in [9.17, 15) is 17.6 Å². The zero-order valence-corrected chi connectivity index (χ0v) is 21.6. The number of carbonyl (C=O) groups excluding carboxylic acids is 1. The molecule has 36 heavy (non-hydrogen) atoms. The molecule has 2 N–H and O–H groups in total. The summed E-state index contributed by atoms with van der Waals surface area (Å²) < 4.78 is 46.9. The van der Waals surface area contributed by atoms with Crippen LogP contribution in [-0.2, 0) is 16.4 Å². The lowest BCUT2D eigenvalue weighted by atomic mass is 9.97. The van der Waals surface area contributed by atoms with Gasteiger partial charge in [-0.1, -0.05) is 30.7 Å². The largest absolute Gasteiger partial charge is 0.473 e. The van der Waals surface area contributed by atoms with E-state index in [0.29, 0.717) is 12.5 Å². The molecule has 1 aliphatic heterocycles. The third kappa shape index (κ3) is 4.87. The normalized spacial score (nSPS) is 17.2. The Labute approximate surface area is 214 Å². The van der Waals surface area contributed by atoms with Crippen LogP contribution < -0.4 is 15.4 Å². The van der Waals surface area contributed by atoms with Crippen molar-refractivity contribution in [1.82, 2.24) is 9.97 Å². The fourth-order valence-electron chi connectivity index (χ4n) is 4.61. The predicted octanol–water partition coefficient (Wildman–Crippen LogP) is 4.40. The van der Waals surface area contributed by atoms with Gasteiger partial charge in [0, 0.05) is 29.9 Å². The summed E-state index contributed by atoms with van der Waals surface area (Å²) in [6.45, 7) is 6.44. The smallest absolute Gasteiger partial charge is 0.253 e. The standard InChI is InChI=1S/C25H26ClFN4O4S/c1-15-12-25(2,3)31(13-15)24-22(23(28)32)19(10-11-29-24)36(33,34)21-9-5-8-20(30-21)35-14-16-17(26)6-4-7-18(16)27/h4-11,15H,12-14H2,1-3H3,(H2,28,32). The van der Waals surface area contributed by atoms with Crippen molar-refractivity contribution in [3.8, 4) is 5.88 Å². The zero-order valence-electron chi connectivity index (χ0n) is 20.0. The van der Waals surface area contributed by atoms with Crippen molar-refractivity contribution in [3.63, 3.8) is 0 Å². The van der Waals surface area contributed by atoms with Gasteiger partial charge in [-0.15, -0.1) is 0 Å². The van der Waals surface area contributed by atoms with Crippen LogP contribution in [0.1, 0.15) is 43.1 Å². The van der Waals surface area contributed by atoms with Gasteiger partial charge in [-0.05, 0) is 50.5 Å². The molecule has 4 rings (SSSR count). The molecule has 1 fully saturated rings. The van der Waals surface area contributed by atoms with Gasteiger partial charge >= 0.3 is 0 Å². The number of nitrogens with zero attached hydrogens (tertiary/aromatic N) is 3. The second-order valence-electron chi connectivity index (χ2n) is 9.41. The van der Waals surface area contributed by atoms with E-state index < -0.39 is 21.6 Å². The summed E-state index contributed by atoms with van der Waals surface area (Å²) in [4.78, 5) is 22.6. The second kappa shape index (κ2) is 9.67. The maximum absolute atomic E-state index is 14.1. The van der Waals surface area contributed by atoms with Crippen LogP contribution in [0, 0.1) is 11.7 Å². The van der Waals surface area contributed by atoms with E-state index in [-0.39, 0.29) is 49.9 Å². The minimum absolute atomic E-state index is 0.0557. The number of aromatic nitrogens is 2. The first-order chi connectivity index (χ1) is 16.9. The molecule has 0 bridgehead atoms. The number of amides is 1. The van der Waals surface area contributed by atoms with E-state index >= 15 is 0 Å². The van der Waals surface area contributed by atoms with Crippen molar-refractivity contribution in [2.45, 2.75) is 49.3 Å². The highest BCUT2D eigenvalue weighted by Crippen LogP contribution is 2.39. The Morgan fingerprint density at radius 1 is 1.25 bits per heavy atom. The molecule has 0 aliphatic carbocycles. The van der Waals surface area contributed by atoms with Gasteiger partial charge in [0.15, 0.2) is 5.03 Å². The number of anilines is 1. The van der Waals surface area contributed by atoms with E-state index in [1.165, 1.54) is 48.7 Å². The van der Waals surface area contributed by atoms with Crippen molar-refractivity contribution >= 4 is 33.2 Å². The number of benzene rings is 1. The lowest BCUT2D eigenvalue weighted by Gasteiger charge is -2.33. The van der Waals surface area contributed by atoms with Crippen LogP contribution in [-0.4, -0.2) is 36.4 Å². The van der Waals surface area contributed by atoms with Gasteiger partial charge in [0.05, 0.1) is 9.92 Å². The molecule has 1 aromatic carbocycles. The Morgan fingerprint density at radius 2 is 1.97 bits per heavy atom. The number of ether oxygens (including phenoxy) is 1. The first-order valence-corrected chi connectivity index (χ1v) is 13.1. The number of nitrogens with two attached hydrogens (primary N) is 1. The van der Waals surface area contributed by atoms with Crippen LogP contribution in [0.5, 0.6) is 5.88 Å². The van der Waals surface area contributed by atoms with Crippen LogP contribution in [0.15, 0.2) is 58.6 Å². The predicted molar refractivity (Wildman–Crippen MR) is 133 cm³/mol. The molecule has 1 saturated heterocycles. The Balaban J connectivity index is 1.72. The van der Waals surface area contributed by atoms with Crippen LogP contribution in [0.25, 0.3) is 0 Å². The fraction of sp³-hybridized carbons (Fsp3) is 0.320. The number of halogens is 2. The third-order valence-electron chi connectivity index (χ3n) is 6.16. The van der Waals surface area contributed by atoms with E-state index in [1.54, 1.807) is 0 Å². The zero-order chi connectivity index (χ0) is 26.3. The van der Waals surface area contributed by atoms with E-state index in [2.05, 4.69) is 16.9 Å². The number of rotatable bonds is 7. The van der Waals surface area contributed by atoms with Crippen LogP contribution in [0.2, 0.25) is 5.02 Å². The summed E-state index contributed by atoms with van der Waals surface area (Å²) >= 11 is 6.03. The van der Waals surface area contributed by atoms with Gasteiger partial charge in [0.2, 0.25) is 15.7 Å². The molecule has 8 nitrogen and oxygen atoms in total. The number of hydrogen-bond donors (Lipinski definition) is 1. The monoisotopic (exact) mass is 532 g/mol. The maximum Gasteiger partial charge on any atom is 0.253 e. The van der Waals surface area contributed by atoms with Gasteiger partial charge < -0.3 is 15.4 Å². The van der Waals surface area contributed by atoms with Crippen molar-refractivity contribution in [2.24, 2.45) is 11.7 Å². The van der Waals surface area contributed by atoms with E-state index in [1.807, 2.05) is 18.7 Å². The molecular weight excluding hydrogens is 507 g/mol. The Morgan fingerprint density at radius 3 is 2.61 bits per heavy atom. The fourth-order valence-corrected chi connectivity index (χ4v) is 6.22. The highest BCUT2D eigenvalue weighted by atomic mass is 35.5. The molecule has 1 amide bonds. The Hall–Kier alpha value is -3.24. The molecule has 1 atom stereocenters. The number of carbonyl (C=O) groups is 1. The lowest BCUT2D eigenvalue weighted by molar-refractivity contribution is 0.0997. The summed E-state index contributed by atoms with van der Waals surface area (Å²) in [6, 6.07) is 9.63. The van der Waals surface area contributed by atoms with Crippen molar-refractivity contribution < 1.29 is 22.3 Å². The Kier molecular flexibility index (Phi) is 6.94. The number of primary amides is 1. The molecule has 11 heteroatoms. The molecular formula is C25H26ClFN4O4S. The van der Waals surface area contributed by atoms with Crippen LogP contribution >= 0.6 is 11.6 Å². The molecule has 1 aliphatic rings. The Bertz CT molecular complexity index is 1410. The summed E-state index contributed by atoms with van der Waals surface area (Å²) in [5, 5.41) is -0.179. The van der Waals surface area contributed by atoms with Crippen molar-refractivity contribution in [1.29, 1.82) is 0 Å². The molecule has 1 unspecified atom stereocenters. The number of sulfone groups is 1. The molecule has 0 spiro atoms. The second-order valence-corrected chi connectivity index (χ2v) is 11.7. The van der Waals surface area contributed by atoms with Crippen molar-refractivity contribution in [2.75, 3.05) is 11.4 Å². The molecule has 3 heterocycles. The summed E-state index contributed by atoms with van der Waals surface area (Å²) in [5.74, 6) is -0.977. The minimum atomic E-state index is -4.30. The SMILES string of the molecule is CC1CN(c2nccc(S(=O)(=O)c3cccc(OCc4c(F)cccc4Cl)n3)c2C(N)=O)C(C)(C)C1. The van der Waals surface area contributed by atoms with Gasteiger partial charge in [-0.2, -0.15) is 0 Å². The van der Waals surface area contributed by atoms with Gasteiger partial charge in [0.1, 0.15) is 23.8 Å². The summed E-state index contributed by atoms with van der Waals surface area (Å²) in [7, 11) is -4.30. The quantitative estimate of drug-likeness (QED) is 0.479.